The van der Waals surface area contributed by atoms with Gasteiger partial charge in [0.05, 0.1) is 18.8 Å². The predicted molar refractivity (Wildman–Crippen MR) is 138 cm³/mol. The van der Waals surface area contributed by atoms with E-state index in [2.05, 4.69) is 26.0 Å². The predicted octanol–water partition coefficient (Wildman–Crippen LogP) is 6.62. The summed E-state index contributed by atoms with van der Waals surface area (Å²) in [4.78, 5) is 15.3. The summed E-state index contributed by atoms with van der Waals surface area (Å²) < 4.78 is 11.8. The van der Waals surface area contributed by atoms with Crippen LogP contribution in [0.4, 0.5) is 0 Å². The fourth-order valence-corrected chi connectivity index (χ4v) is 4.71. The zero-order valence-electron chi connectivity index (χ0n) is 21.8. The molecule has 0 radical (unpaired) electrons. The van der Waals surface area contributed by atoms with Crippen molar-refractivity contribution in [3.63, 3.8) is 0 Å². The van der Waals surface area contributed by atoms with Crippen LogP contribution in [0.2, 0.25) is 0 Å². The monoisotopic (exact) mass is 475 g/mol. The Morgan fingerprint density at radius 3 is 2.47 bits per heavy atom. The third-order valence-electron chi connectivity index (χ3n) is 6.81. The van der Waals surface area contributed by atoms with Crippen molar-refractivity contribution < 1.29 is 19.4 Å². The Morgan fingerprint density at radius 2 is 1.76 bits per heavy atom. The normalized spacial score (nSPS) is 17.9. The molecule has 1 aliphatic heterocycles. The molecule has 0 spiro atoms. The van der Waals surface area contributed by atoms with Crippen molar-refractivity contribution in [2.75, 3.05) is 13.2 Å². The molecule has 194 valence electrons. The molecule has 34 heavy (non-hydrogen) atoms. The lowest BCUT2D eigenvalue weighted by atomic mass is 9.98. The number of carbonyl (C=O) groups is 1. The lowest BCUT2D eigenvalue weighted by Crippen LogP contribution is -2.47. The molecule has 1 saturated heterocycles. The summed E-state index contributed by atoms with van der Waals surface area (Å²) in [6.07, 6.45) is 13.2. The van der Waals surface area contributed by atoms with Crippen molar-refractivity contribution in [1.29, 1.82) is 0 Å². The molecular weight excluding hydrogens is 426 g/mol. The summed E-state index contributed by atoms with van der Waals surface area (Å²) in [6, 6.07) is 9.90. The second kappa shape index (κ2) is 17.9. The maximum absolute atomic E-state index is 13.4. The van der Waals surface area contributed by atoms with Gasteiger partial charge in [-0.1, -0.05) is 89.1 Å². The summed E-state index contributed by atoms with van der Waals surface area (Å²) in [6.45, 7) is 6.15. The Balaban J connectivity index is 2.08. The Labute approximate surface area is 208 Å². The first-order valence-electron chi connectivity index (χ1n) is 13.9. The summed E-state index contributed by atoms with van der Waals surface area (Å²) in [7, 11) is 0. The average Bonchev–Trinajstić information content (AvgIpc) is 2.86. The molecule has 5 nitrogen and oxygen atoms in total. The number of hydrogen-bond acceptors (Lipinski definition) is 4. The Morgan fingerprint density at radius 1 is 1.03 bits per heavy atom. The number of aliphatic hydroxyl groups is 1. The Bertz CT molecular complexity index is 632. The summed E-state index contributed by atoms with van der Waals surface area (Å²) in [5, 5.41) is 11.3. The molecule has 0 bridgehead atoms. The van der Waals surface area contributed by atoms with E-state index in [0.29, 0.717) is 26.0 Å². The number of nitrogens with zero attached hydrogens (tertiary/aromatic N) is 1. The van der Waals surface area contributed by atoms with E-state index >= 15 is 0 Å². The van der Waals surface area contributed by atoms with Crippen LogP contribution >= 0.6 is 0 Å². The van der Waals surface area contributed by atoms with Crippen LogP contribution in [0.15, 0.2) is 30.3 Å². The number of hydrogen-bond donors (Lipinski definition) is 1. The highest BCUT2D eigenvalue weighted by Crippen LogP contribution is 2.22. The molecule has 1 amide bonds. The van der Waals surface area contributed by atoms with E-state index in [1.54, 1.807) is 0 Å². The van der Waals surface area contributed by atoms with E-state index in [9.17, 15) is 9.90 Å². The van der Waals surface area contributed by atoms with Gasteiger partial charge in [-0.15, -0.1) is 0 Å². The van der Waals surface area contributed by atoms with Crippen LogP contribution in [0.3, 0.4) is 0 Å². The van der Waals surface area contributed by atoms with Gasteiger partial charge in [-0.2, -0.15) is 0 Å². The van der Waals surface area contributed by atoms with Gasteiger partial charge in [-0.3, -0.25) is 4.79 Å². The van der Waals surface area contributed by atoms with E-state index in [1.807, 2.05) is 23.1 Å². The van der Waals surface area contributed by atoms with Crippen molar-refractivity contribution in [3.05, 3.63) is 35.9 Å². The fourth-order valence-electron chi connectivity index (χ4n) is 4.71. The van der Waals surface area contributed by atoms with Crippen LogP contribution in [-0.4, -0.2) is 47.6 Å². The second-order valence-corrected chi connectivity index (χ2v) is 9.76. The van der Waals surface area contributed by atoms with Crippen LogP contribution in [0, 0.1) is 0 Å². The van der Waals surface area contributed by atoms with Gasteiger partial charge in [-0.05, 0) is 44.1 Å². The summed E-state index contributed by atoms with van der Waals surface area (Å²) in [5.74, 6) is 0.140. The molecular formula is C29H49NO4. The van der Waals surface area contributed by atoms with Crippen molar-refractivity contribution in [3.8, 4) is 0 Å². The van der Waals surface area contributed by atoms with Crippen molar-refractivity contribution in [1.82, 2.24) is 4.90 Å². The quantitative estimate of drug-likeness (QED) is 0.242. The summed E-state index contributed by atoms with van der Waals surface area (Å²) >= 11 is 0. The molecule has 1 unspecified atom stereocenters. The van der Waals surface area contributed by atoms with Gasteiger partial charge in [0, 0.05) is 19.6 Å². The smallest absolute Gasteiger partial charge is 0.223 e. The second-order valence-electron chi connectivity index (χ2n) is 9.76. The number of ether oxygens (including phenoxy) is 2. The van der Waals surface area contributed by atoms with Gasteiger partial charge in [0.15, 0.2) is 6.29 Å². The third kappa shape index (κ3) is 11.3. The first-order valence-corrected chi connectivity index (χ1v) is 13.9. The standard InChI is InChI=1S/C29H49NO4/c1-3-5-7-8-13-18-27(31)26(21-23-34-29-20-14-15-22-33-29)30(28(32)19-10-6-4-2)24-25-16-11-9-12-17-25/h9,11-12,16-17,26-27,29,31H,3-8,10,13-15,18-24H2,1-2H3/t26-,27+,29?/m0/s1. The molecule has 1 N–H and O–H groups in total. The molecule has 1 aromatic rings. The van der Waals surface area contributed by atoms with Crippen LogP contribution in [0.25, 0.3) is 0 Å². The van der Waals surface area contributed by atoms with E-state index in [0.717, 1.165) is 70.0 Å². The van der Waals surface area contributed by atoms with Crippen LogP contribution in [0.5, 0.6) is 0 Å². The highest BCUT2D eigenvalue weighted by molar-refractivity contribution is 5.76. The molecule has 0 aliphatic carbocycles. The van der Waals surface area contributed by atoms with Crippen LogP contribution in [-0.2, 0) is 20.8 Å². The largest absolute Gasteiger partial charge is 0.391 e. The van der Waals surface area contributed by atoms with Gasteiger partial charge < -0.3 is 19.5 Å². The van der Waals surface area contributed by atoms with E-state index in [-0.39, 0.29) is 18.2 Å². The van der Waals surface area contributed by atoms with Crippen molar-refractivity contribution in [2.24, 2.45) is 0 Å². The number of carbonyl (C=O) groups excluding carboxylic acids is 1. The lowest BCUT2D eigenvalue weighted by molar-refractivity contribution is -0.167. The highest BCUT2D eigenvalue weighted by Gasteiger charge is 2.30. The molecule has 1 fully saturated rings. The molecule has 0 aromatic heterocycles. The van der Waals surface area contributed by atoms with Crippen molar-refractivity contribution >= 4 is 5.91 Å². The number of benzene rings is 1. The Hall–Kier alpha value is -1.43. The number of aliphatic hydroxyl groups excluding tert-OH is 1. The van der Waals surface area contributed by atoms with Gasteiger partial charge in [0.25, 0.3) is 0 Å². The minimum atomic E-state index is -0.545. The van der Waals surface area contributed by atoms with E-state index in [4.69, 9.17) is 9.47 Å². The first-order chi connectivity index (χ1) is 16.7. The van der Waals surface area contributed by atoms with Gasteiger partial charge in [-0.25, -0.2) is 0 Å². The van der Waals surface area contributed by atoms with E-state index in [1.165, 1.54) is 19.3 Å². The van der Waals surface area contributed by atoms with Crippen LogP contribution in [0.1, 0.15) is 109 Å². The third-order valence-corrected chi connectivity index (χ3v) is 6.81. The SMILES string of the molecule is CCCCCCC[C@@H](O)[C@H](CCOC1CCCCO1)N(Cc1ccccc1)C(=O)CCCCC. The molecule has 1 aliphatic rings. The molecule has 2 rings (SSSR count). The number of unbranched alkanes of at least 4 members (excludes halogenated alkanes) is 6. The summed E-state index contributed by atoms with van der Waals surface area (Å²) in [5.41, 5.74) is 1.10. The zero-order chi connectivity index (χ0) is 24.4. The maximum atomic E-state index is 13.4. The zero-order valence-corrected chi connectivity index (χ0v) is 21.8. The number of amides is 1. The van der Waals surface area contributed by atoms with Gasteiger partial charge in [0.2, 0.25) is 5.91 Å². The topological polar surface area (TPSA) is 59.0 Å². The molecule has 5 heteroatoms. The Kier molecular flexibility index (Phi) is 15.2. The van der Waals surface area contributed by atoms with E-state index < -0.39 is 6.10 Å². The molecule has 1 aromatic carbocycles. The minimum absolute atomic E-state index is 0.140. The average molecular weight is 476 g/mol. The van der Waals surface area contributed by atoms with Gasteiger partial charge in [0.1, 0.15) is 0 Å². The van der Waals surface area contributed by atoms with Crippen LogP contribution < -0.4 is 0 Å². The minimum Gasteiger partial charge on any atom is -0.391 e. The lowest BCUT2D eigenvalue weighted by Gasteiger charge is -2.36. The fraction of sp³-hybridized carbons (Fsp3) is 0.759. The molecule has 3 atom stereocenters. The highest BCUT2D eigenvalue weighted by atomic mass is 16.7. The molecule has 0 saturated carbocycles. The first kappa shape index (κ1) is 28.8. The molecule has 1 heterocycles. The van der Waals surface area contributed by atoms with Crippen molar-refractivity contribution in [2.45, 2.75) is 129 Å². The number of rotatable bonds is 18. The van der Waals surface area contributed by atoms with Gasteiger partial charge >= 0.3 is 0 Å². The maximum Gasteiger partial charge on any atom is 0.223 e.